The first-order valence-corrected chi connectivity index (χ1v) is 7.01. The molecule has 0 spiro atoms. The number of amides is 1. The molecule has 20 heavy (non-hydrogen) atoms. The Kier molecular flexibility index (Phi) is 6.29. The van der Waals surface area contributed by atoms with Gasteiger partial charge in [0.2, 0.25) is 0 Å². The number of esters is 1. The lowest BCUT2D eigenvalue weighted by molar-refractivity contribution is -0.156. The molecule has 1 aromatic rings. The van der Waals surface area contributed by atoms with Crippen molar-refractivity contribution in [3.63, 3.8) is 0 Å². The smallest absolute Gasteiger partial charge is 0.344 e. The van der Waals surface area contributed by atoms with Crippen molar-refractivity contribution in [3.8, 4) is 5.75 Å². The number of rotatable bonds is 5. The largest absolute Gasteiger partial charge is 0.480 e. The number of carbonyl (C=O) groups excluding carboxylic acids is 2. The third-order valence-corrected chi connectivity index (χ3v) is 3.19. The molecule has 0 saturated carbocycles. The van der Waals surface area contributed by atoms with Crippen LogP contribution in [-0.2, 0) is 14.3 Å². The Bertz CT molecular complexity index is 498. The summed E-state index contributed by atoms with van der Waals surface area (Å²) in [5, 5.41) is 2.78. The standard InChI is InChI=1S/C13H15BrClNO4/c1-7-4-9(14)5-10(15)12(7)19-6-11(17)20-8(2)13(18)16-3/h4-5,8H,6H2,1-3H3,(H,16,18)/t8-/m0/s1. The Labute approximate surface area is 130 Å². The molecule has 1 atom stereocenters. The average molecular weight is 365 g/mol. The van der Waals surface area contributed by atoms with Crippen LogP contribution in [-0.4, -0.2) is 31.6 Å². The lowest BCUT2D eigenvalue weighted by Crippen LogP contribution is -2.34. The summed E-state index contributed by atoms with van der Waals surface area (Å²) in [5.41, 5.74) is 0.788. The van der Waals surface area contributed by atoms with E-state index in [0.29, 0.717) is 10.8 Å². The molecule has 0 unspecified atom stereocenters. The van der Waals surface area contributed by atoms with Gasteiger partial charge in [-0.3, -0.25) is 4.79 Å². The number of benzene rings is 1. The highest BCUT2D eigenvalue weighted by atomic mass is 79.9. The zero-order valence-corrected chi connectivity index (χ0v) is 13.7. The van der Waals surface area contributed by atoms with E-state index >= 15 is 0 Å². The molecule has 1 N–H and O–H groups in total. The normalized spacial score (nSPS) is 11.7. The molecule has 0 radical (unpaired) electrons. The van der Waals surface area contributed by atoms with Crippen LogP contribution < -0.4 is 10.1 Å². The SMILES string of the molecule is CNC(=O)[C@H](C)OC(=O)COc1c(C)cc(Br)cc1Cl. The van der Waals surface area contributed by atoms with Crippen LogP contribution >= 0.6 is 27.5 Å². The Balaban J connectivity index is 2.60. The second kappa shape index (κ2) is 7.50. The topological polar surface area (TPSA) is 64.6 Å². The maximum atomic E-state index is 11.6. The third kappa shape index (κ3) is 4.68. The first-order valence-electron chi connectivity index (χ1n) is 5.84. The third-order valence-electron chi connectivity index (χ3n) is 2.45. The average Bonchev–Trinajstić information content (AvgIpc) is 2.36. The zero-order valence-electron chi connectivity index (χ0n) is 11.3. The number of carbonyl (C=O) groups is 2. The molecule has 5 nitrogen and oxygen atoms in total. The molecule has 110 valence electrons. The van der Waals surface area contributed by atoms with Crippen LogP contribution in [0.3, 0.4) is 0 Å². The summed E-state index contributed by atoms with van der Waals surface area (Å²) in [5.74, 6) is -0.602. The fourth-order valence-electron chi connectivity index (χ4n) is 1.49. The second-order valence-electron chi connectivity index (χ2n) is 4.07. The molecule has 7 heteroatoms. The number of nitrogens with one attached hydrogen (secondary N) is 1. The first-order chi connectivity index (χ1) is 9.35. The molecule has 1 amide bonds. The second-order valence-corrected chi connectivity index (χ2v) is 5.39. The van der Waals surface area contributed by atoms with E-state index in [4.69, 9.17) is 21.1 Å². The predicted molar refractivity (Wildman–Crippen MR) is 79.0 cm³/mol. The minimum Gasteiger partial charge on any atom is -0.480 e. The Morgan fingerprint density at radius 2 is 2.10 bits per heavy atom. The summed E-state index contributed by atoms with van der Waals surface area (Å²) in [6.45, 7) is 2.97. The van der Waals surface area contributed by atoms with Gasteiger partial charge in [-0.25, -0.2) is 4.79 Å². The van der Waals surface area contributed by atoms with Gasteiger partial charge in [0.05, 0.1) is 5.02 Å². The van der Waals surface area contributed by atoms with E-state index in [-0.39, 0.29) is 12.5 Å². The number of hydrogen-bond donors (Lipinski definition) is 1. The molecule has 0 aliphatic carbocycles. The van der Waals surface area contributed by atoms with Crippen LogP contribution in [0.2, 0.25) is 5.02 Å². The summed E-state index contributed by atoms with van der Waals surface area (Å²) in [7, 11) is 1.47. The van der Waals surface area contributed by atoms with Crippen molar-refractivity contribution >= 4 is 39.4 Å². The van der Waals surface area contributed by atoms with Crippen molar-refractivity contribution in [2.45, 2.75) is 20.0 Å². The maximum Gasteiger partial charge on any atom is 0.344 e. The van der Waals surface area contributed by atoms with Gasteiger partial charge in [-0.05, 0) is 31.5 Å². The monoisotopic (exact) mass is 363 g/mol. The van der Waals surface area contributed by atoms with Crippen LogP contribution in [0.15, 0.2) is 16.6 Å². The molecule has 0 aromatic heterocycles. The van der Waals surface area contributed by atoms with Crippen molar-refractivity contribution in [2.24, 2.45) is 0 Å². The van der Waals surface area contributed by atoms with Gasteiger partial charge < -0.3 is 14.8 Å². The van der Waals surface area contributed by atoms with Crippen molar-refractivity contribution in [3.05, 3.63) is 27.2 Å². The van der Waals surface area contributed by atoms with Crippen LogP contribution in [0.25, 0.3) is 0 Å². The van der Waals surface area contributed by atoms with E-state index in [1.165, 1.54) is 14.0 Å². The molecular formula is C13H15BrClNO4. The van der Waals surface area contributed by atoms with Gasteiger partial charge in [0, 0.05) is 11.5 Å². The Hall–Kier alpha value is -1.27. The number of aryl methyl sites for hydroxylation is 1. The highest BCUT2D eigenvalue weighted by Crippen LogP contribution is 2.31. The van der Waals surface area contributed by atoms with Gasteiger partial charge in [0.1, 0.15) is 5.75 Å². The summed E-state index contributed by atoms with van der Waals surface area (Å²) in [4.78, 5) is 22.8. The van der Waals surface area contributed by atoms with E-state index in [1.807, 2.05) is 13.0 Å². The highest BCUT2D eigenvalue weighted by molar-refractivity contribution is 9.10. The lowest BCUT2D eigenvalue weighted by Gasteiger charge is -2.14. The van der Waals surface area contributed by atoms with Gasteiger partial charge in [-0.15, -0.1) is 0 Å². The van der Waals surface area contributed by atoms with E-state index in [0.717, 1.165) is 10.0 Å². The van der Waals surface area contributed by atoms with Crippen molar-refractivity contribution < 1.29 is 19.1 Å². The quantitative estimate of drug-likeness (QED) is 0.815. The minimum absolute atomic E-state index is 0.316. The van der Waals surface area contributed by atoms with E-state index in [1.54, 1.807) is 6.07 Å². The Morgan fingerprint density at radius 1 is 1.45 bits per heavy atom. The molecular weight excluding hydrogens is 350 g/mol. The summed E-state index contributed by atoms with van der Waals surface area (Å²) < 4.78 is 11.1. The molecule has 0 saturated heterocycles. The molecule has 0 aliphatic rings. The number of halogens is 2. The van der Waals surface area contributed by atoms with Crippen LogP contribution in [0.5, 0.6) is 5.75 Å². The van der Waals surface area contributed by atoms with Crippen LogP contribution in [0, 0.1) is 6.92 Å². The zero-order chi connectivity index (χ0) is 15.3. The van der Waals surface area contributed by atoms with Crippen molar-refractivity contribution in [2.75, 3.05) is 13.7 Å². The fourth-order valence-corrected chi connectivity index (χ4v) is 2.52. The van der Waals surface area contributed by atoms with E-state index in [2.05, 4.69) is 21.2 Å². The molecule has 1 aromatic carbocycles. The molecule has 0 aliphatic heterocycles. The number of likely N-dealkylation sites (N-methyl/N-ethyl adjacent to an activating group) is 1. The maximum absolute atomic E-state index is 11.6. The predicted octanol–water partition coefficient (Wildman–Crippen LogP) is 2.47. The summed E-state index contributed by atoms with van der Waals surface area (Å²) >= 11 is 9.33. The van der Waals surface area contributed by atoms with Gasteiger partial charge in [0.25, 0.3) is 5.91 Å². The van der Waals surface area contributed by atoms with Gasteiger partial charge in [0.15, 0.2) is 12.7 Å². The van der Waals surface area contributed by atoms with E-state index in [9.17, 15) is 9.59 Å². The van der Waals surface area contributed by atoms with E-state index < -0.39 is 12.1 Å². The van der Waals surface area contributed by atoms with Crippen LogP contribution in [0.4, 0.5) is 0 Å². The number of hydrogen-bond acceptors (Lipinski definition) is 4. The van der Waals surface area contributed by atoms with Crippen molar-refractivity contribution in [1.82, 2.24) is 5.32 Å². The van der Waals surface area contributed by atoms with Crippen LogP contribution in [0.1, 0.15) is 12.5 Å². The summed E-state index contributed by atoms with van der Waals surface area (Å²) in [6.07, 6.45) is -0.863. The van der Waals surface area contributed by atoms with Gasteiger partial charge in [-0.2, -0.15) is 0 Å². The minimum atomic E-state index is -0.863. The fraction of sp³-hybridized carbons (Fsp3) is 0.385. The molecule has 0 bridgehead atoms. The summed E-state index contributed by atoms with van der Waals surface area (Å²) in [6, 6.07) is 3.49. The molecule has 0 fully saturated rings. The Morgan fingerprint density at radius 3 is 2.65 bits per heavy atom. The highest BCUT2D eigenvalue weighted by Gasteiger charge is 2.17. The number of ether oxygens (including phenoxy) is 2. The van der Waals surface area contributed by atoms with Gasteiger partial charge >= 0.3 is 5.97 Å². The molecule has 1 rings (SSSR count). The lowest BCUT2D eigenvalue weighted by atomic mass is 10.2. The first kappa shape index (κ1) is 16.8. The molecule has 0 heterocycles. The van der Waals surface area contributed by atoms with Gasteiger partial charge in [-0.1, -0.05) is 27.5 Å². The van der Waals surface area contributed by atoms with Crippen molar-refractivity contribution in [1.29, 1.82) is 0 Å².